The number of pyridine rings is 1. The highest BCUT2D eigenvalue weighted by atomic mass is 35.5. The van der Waals surface area contributed by atoms with E-state index in [0.717, 1.165) is 0 Å². The van der Waals surface area contributed by atoms with Gasteiger partial charge in [0.25, 0.3) is 0 Å². The van der Waals surface area contributed by atoms with Crippen molar-refractivity contribution in [1.29, 1.82) is 0 Å². The quantitative estimate of drug-likeness (QED) is 0.898. The fraction of sp³-hybridized carbons (Fsp3) is 0.182. The summed E-state index contributed by atoms with van der Waals surface area (Å²) >= 11 is 5.72. The van der Waals surface area contributed by atoms with Gasteiger partial charge in [-0.25, -0.2) is 4.98 Å². The molecule has 0 aliphatic heterocycles. The number of hydrogen-bond donors (Lipinski definition) is 1. The molecule has 1 unspecified atom stereocenters. The fourth-order valence-electron chi connectivity index (χ4n) is 1.37. The van der Waals surface area contributed by atoms with E-state index in [-0.39, 0.29) is 5.88 Å². The van der Waals surface area contributed by atoms with Crippen molar-refractivity contribution < 1.29 is 9.84 Å². The average molecular weight is 252 g/mol. The molecule has 6 heteroatoms. The molecule has 2 rings (SSSR count). The monoisotopic (exact) mass is 251 g/mol. The van der Waals surface area contributed by atoms with Crippen LogP contribution in [0.15, 0.2) is 30.7 Å². The van der Waals surface area contributed by atoms with E-state index in [2.05, 4.69) is 15.0 Å². The van der Waals surface area contributed by atoms with Crippen LogP contribution in [-0.2, 0) is 0 Å². The summed E-state index contributed by atoms with van der Waals surface area (Å²) in [7, 11) is 1.47. The largest absolute Gasteiger partial charge is 0.480 e. The van der Waals surface area contributed by atoms with Crippen molar-refractivity contribution >= 4 is 11.6 Å². The van der Waals surface area contributed by atoms with Crippen LogP contribution in [0.2, 0.25) is 5.02 Å². The lowest BCUT2D eigenvalue weighted by molar-refractivity contribution is 0.203. The highest BCUT2D eigenvalue weighted by Gasteiger charge is 2.18. The van der Waals surface area contributed by atoms with E-state index in [9.17, 15) is 5.11 Å². The molecular weight excluding hydrogens is 242 g/mol. The molecule has 0 fully saturated rings. The number of nitrogens with zero attached hydrogens (tertiary/aromatic N) is 3. The highest BCUT2D eigenvalue weighted by Crippen LogP contribution is 2.25. The van der Waals surface area contributed by atoms with E-state index in [1.165, 1.54) is 25.7 Å². The summed E-state index contributed by atoms with van der Waals surface area (Å²) in [5.74, 6) is 0.275. The van der Waals surface area contributed by atoms with Crippen LogP contribution < -0.4 is 4.74 Å². The van der Waals surface area contributed by atoms with E-state index in [1.807, 2.05) is 0 Å². The summed E-state index contributed by atoms with van der Waals surface area (Å²) in [5.41, 5.74) is 0.762. The summed E-state index contributed by atoms with van der Waals surface area (Å²) in [6, 6.07) is 3.27. The Bertz CT molecular complexity index is 504. The zero-order valence-electron chi connectivity index (χ0n) is 9.04. The minimum Gasteiger partial charge on any atom is -0.480 e. The van der Waals surface area contributed by atoms with Gasteiger partial charge in [-0.05, 0) is 12.1 Å². The SMILES string of the molecule is COc1nccnc1C(O)c1ccc(Cl)cn1. The molecule has 1 N–H and O–H groups in total. The number of aliphatic hydroxyl groups is 1. The van der Waals surface area contributed by atoms with Crippen LogP contribution in [0.25, 0.3) is 0 Å². The summed E-state index contributed by atoms with van der Waals surface area (Å²) < 4.78 is 5.02. The van der Waals surface area contributed by atoms with Gasteiger partial charge in [0, 0.05) is 18.6 Å². The van der Waals surface area contributed by atoms with Gasteiger partial charge in [-0.3, -0.25) is 9.97 Å². The molecule has 2 aromatic heterocycles. The first-order chi connectivity index (χ1) is 8.22. The summed E-state index contributed by atoms with van der Waals surface area (Å²) in [4.78, 5) is 12.0. The number of aliphatic hydroxyl groups excluding tert-OH is 1. The lowest BCUT2D eigenvalue weighted by Crippen LogP contribution is -2.07. The van der Waals surface area contributed by atoms with Crippen LogP contribution in [0.5, 0.6) is 5.88 Å². The maximum atomic E-state index is 10.1. The highest BCUT2D eigenvalue weighted by molar-refractivity contribution is 6.30. The average Bonchev–Trinajstić information content (AvgIpc) is 2.39. The van der Waals surface area contributed by atoms with Crippen molar-refractivity contribution in [2.24, 2.45) is 0 Å². The van der Waals surface area contributed by atoms with Gasteiger partial charge in [-0.15, -0.1) is 0 Å². The Kier molecular flexibility index (Phi) is 3.51. The molecule has 0 saturated heterocycles. The molecular formula is C11H10ClN3O2. The summed E-state index contributed by atoms with van der Waals surface area (Å²) in [6.45, 7) is 0. The lowest BCUT2D eigenvalue weighted by Gasteiger charge is -2.11. The van der Waals surface area contributed by atoms with Crippen LogP contribution >= 0.6 is 11.6 Å². The van der Waals surface area contributed by atoms with Crippen molar-refractivity contribution in [3.8, 4) is 5.88 Å². The van der Waals surface area contributed by atoms with Crippen LogP contribution in [0.3, 0.4) is 0 Å². The molecule has 17 heavy (non-hydrogen) atoms. The zero-order chi connectivity index (χ0) is 12.3. The molecule has 0 aliphatic rings. The molecule has 0 aromatic carbocycles. The third-order valence-corrected chi connectivity index (χ3v) is 2.40. The van der Waals surface area contributed by atoms with Gasteiger partial charge in [0.1, 0.15) is 11.8 Å². The van der Waals surface area contributed by atoms with E-state index >= 15 is 0 Å². The molecule has 0 aliphatic carbocycles. The topological polar surface area (TPSA) is 68.1 Å². The molecule has 0 saturated carbocycles. The lowest BCUT2D eigenvalue weighted by atomic mass is 10.1. The van der Waals surface area contributed by atoms with Gasteiger partial charge in [-0.1, -0.05) is 11.6 Å². The molecule has 0 spiro atoms. The van der Waals surface area contributed by atoms with Crippen molar-refractivity contribution in [2.75, 3.05) is 7.11 Å². The zero-order valence-corrected chi connectivity index (χ0v) is 9.80. The number of rotatable bonds is 3. The van der Waals surface area contributed by atoms with Gasteiger partial charge in [0.2, 0.25) is 5.88 Å². The van der Waals surface area contributed by atoms with Crippen molar-refractivity contribution in [3.05, 3.63) is 47.1 Å². The second-order valence-electron chi connectivity index (χ2n) is 3.25. The Morgan fingerprint density at radius 1 is 1.24 bits per heavy atom. The van der Waals surface area contributed by atoms with Crippen LogP contribution in [0, 0.1) is 0 Å². The standard InChI is InChI=1S/C11H10ClN3O2/c1-17-11-9(13-4-5-14-11)10(16)8-3-2-7(12)6-15-8/h2-6,10,16H,1H3. The second kappa shape index (κ2) is 5.07. The number of hydrogen-bond acceptors (Lipinski definition) is 5. The van der Waals surface area contributed by atoms with Crippen molar-refractivity contribution in [1.82, 2.24) is 15.0 Å². The van der Waals surface area contributed by atoms with Crippen LogP contribution in [-0.4, -0.2) is 27.2 Å². The minimum absolute atomic E-state index is 0.275. The van der Waals surface area contributed by atoms with Crippen LogP contribution in [0.4, 0.5) is 0 Å². The normalized spacial score (nSPS) is 12.2. The molecule has 1 atom stereocenters. The Balaban J connectivity index is 2.36. The predicted octanol–water partition coefficient (Wildman–Crippen LogP) is 1.62. The Hall–Kier alpha value is -1.72. The minimum atomic E-state index is -0.990. The van der Waals surface area contributed by atoms with Crippen molar-refractivity contribution in [2.45, 2.75) is 6.10 Å². The third kappa shape index (κ3) is 2.51. The molecule has 0 amide bonds. The first-order valence-corrected chi connectivity index (χ1v) is 5.24. The summed E-state index contributed by atoms with van der Waals surface area (Å²) in [5, 5.41) is 10.6. The maximum Gasteiger partial charge on any atom is 0.238 e. The van der Waals surface area contributed by atoms with Crippen LogP contribution in [0.1, 0.15) is 17.5 Å². The first kappa shape index (κ1) is 11.8. The molecule has 88 valence electrons. The fourth-order valence-corrected chi connectivity index (χ4v) is 1.48. The van der Waals surface area contributed by atoms with E-state index in [0.29, 0.717) is 16.4 Å². The Labute approximate surface area is 103 Å². The van der Waals surface area contributed by atoms with E-state index < -0.39 is 6.10 Å². The molecule has 2 heterocycles. The summed E-state index contributed by atoms with van der Waals surface area (Å²) in [6.07, 6.45) is 3.44. The Morgan fingerprint density at radius 3 is 2.65 bits per heavy atom. The maximum absolute atomic E-state index is 10.1. The van der Waals surface area contributed by atoms with Crippen molar-refractivity contribution in [3.63, 3.8) is 0 Å². The molecule has 0 radical (unpaired) electrons. The third-order valence-electron chi connectivity index (χ3n) is 2.17. The van der Waals surface area contributed by atoms with Gasteiger partial charge in [0.15, 0.2) is 0 Å². The number of aromatic nitrogens is 3. The number of ether oxygens (including phenoxy) is 1. The molecule has 5 nitrogen and oxygen atoms in total. The van der Waals surface area contributed by atoms with E-state index in [4.69, 9.17) is 16.3 Å². The number of methoxy groups -OCH3 is 1. The van der Waals surface area contributed by atoms with Gasteiger partial charge in [-0.2, -0.15) is 0 Å². The number of halogens is 1. The second-order valence-corrected chi connectivity index (χ2v) is 3.69. The first-order valence-electron chi connectivity index (χ1n) is 4.87. The predicted molar refractivity (Wildman–Crippen MR) is 61.9 cm³/mol. The van der Waals surface area contributed by atoms with Gasteiger partial charge >= 0.3 is 0 Å². The van der Waals surface area contributed by atoms with Gasteiger partial charge in [0.05, 0.1) is 17.8 Å². The molecule has 0 bridgehead atoms. The van der Waals surface area contributed by atoms with E-state index in [1.54, 1.807) is 12.1 Å². The Morgan fingerprint density at radius 2 is 2.00 bits per heavy atom. The van der Waals surface area contributed by atoms with Gasteiger partial charge < -0.3 is 9.84 Å². The smallest absolute Gasteiger partial charge is 0.238 e. The molecule has 2 aromatic rings.